The molecular weight excluding hydrogens is 152 g/mol. The molecule has 0 unspecified atom stereocenters. The number of furan rings is 1. The number of nitrogens with two attached hydrogens (primary N) is 1. The molecule has 0 bridgehead atoms. The van der Waals surface area contributed by atoms with Gasteiger partial charge in [-0.1, -0.05) is 0 Å². The lowest BCUT2D eigenvalue weighted by Crippen LogP contribution is -2.21. The van der Waals surface area contributed by atoms with Crippen LogP contribution in [-0.2, 0) is 0 Å². The molecule has 1 rings (SSSR count). The first-order chi connectivity index (χ1) is 5.84. The van der Waals surface area contributed by atoms with Crippen LogP contribution in [0.25, 0.3) is 0 Å². The molecule has 0 aliphatic rings. The Kier molecular flexibility index (Phi) is 3.84. The van der Waals surface area contributed by atoms with E-state index in [1.807, 2.05) is 12.1 Å². The molecule has 1 heterocycles. The van der Waals surface area contributed by atoms with Crippen molar-refractivity contribution < 1.29 is 4.42 Å². The maximum atomic E-state index is 5.37. The van der Waals surface area contributed by atoms with E-state index in [4.69, 9.17) is 10.2 Å². The van der Waals surface area contributed by atoms with Gasteiger partial charge >= 0.3 is 0 Å². The molecule has 1 aromatic heterocycles. The Morgan fingerprint density at radius 3 is 3.08 bits per heavy atom. The van der Waals surface area contributed by atoms with E-state index in [0.29, 0.717) is 0 Å². The summed E-state index contributed by atoms with van der Waals surface area (Å²) in [6.07, 6.45) is 2.70. The van der Waals surface area contributed by atoms with Gasteiger partial charge in [0.25, 0.3) is 0 Å². The topological polar surface area (TPSA) is 51.2 Å². The predicted octanol–water partition coefficient (Wildman–Crippen LogP) is 1.28. The number of rotatable bonds is 5. The van der Waals surface area contributed by atoms with Gasteiger partial charge in [-0.25, -0.2) is 0 Å². The lowest BCUT2D eigenvalue weighted by molar-refractivity contribution is 0.430. The molecule has 0 saturated heterocycles. The minimum absolute atomic E-state index is 0.284. The SMILES string of the molecule is C[C@H](NCCCN)c1ccco1. The Hall–Kier alpha value is -0.800. The van der Waals surface area contributed by atoms with Crippen molar-refractivity contribution in [3.63, 3.8) is 0 Å². The molecule has 0 saturated carbocycles. The maximum Gasteiger partial charge on any atom is 0.120 e. The van der Waals surface area contributed by atoms with Crippen molar-refractivity contribution in [2.75, 3.05) is 13.1 Å². The van der Waals surface area contributed by atoms with Crippen molar-refractivity contribution in [2.24, 2.45) is 5.73 Å². The summed E-state index contributed by atoms with van der Waals surface area (Å²) >= 11 is 0. The molecule has 3 N–H and O–H groups in total. The van der Waals surface area contributed by atoms with Gasteiger partial charge in [0.1, 0.15) is 5.76 Å². The van der Waals surface area contributed by atoms with Crippen LogP contribution in [0.4, 0.5) is 0 Å². The van der Waals surface area contributed by atoms with Crippen molar-refractivity contribution in [3.8, 4) is 0 Å². The van der Waals surface area contributed by atoms with Gasteiger partial charge < -0.3 is 15.5 Å². The van der Waals surface area contributed by atoms with Gasteiger partial charge in [0.15, 0.2) is 0 Å². The summed E-state index contributed by atoms with van der Waals surface area (Å²) in [4.78, 5) is 0. The van der Waals surface area contributed by atoms with Crippen molar-refractivity contribution in [1.29, 1.82) is 0 Å². The molecule has 12 heavy (non-hydrogen) atoms. The van der Waals surface area contributed by atoms with Crippen molar-refractivity contribution in [1.82, 2.24) is 5.32 Å². The molecular formula is C9H16N2O. The van der Waals surface area contributed by atoms with E-state index < -0.39 is 0 Å². The van der Waals surface area contributed by atoms with Crippen LogP contribution in [-0.4, -0.2) is 13.1 Å². The standard InChI is InChI=1S/C9H16N2O/c1-8(11-6-3-5-10)9-4-2-7-12-9/h2,4,7-8,11H,3,5-6,10H2,1H3/t8-/m0/s1. The third kappa shape index (κ3) is 2.68. The lowest BCUT2D eigenvalue weighted by atomic mass is 10.2. The number of nitrogens with one attached hydrogen (secondary N) is 1. The Labute approximate surface area is 72.9 Å². The minimum Gasteiger partial charge on any atom is -0.468 e. The van der Waals surface area contributed by atoms with Gasteiger partial charge in [0.05, 0.1) is 12.3 Å². The van der Waals surface area contributed by atoms with E-state index in [2.05, 4.69) is 12.2 Å². The van der Waals surface area contributed by atoms with Crippen LogP contribution in [0.15, 0.2) is 22.8 Å². The molecule has 1 atom stereocenters. The van der Waals surface area contributed by atoms with Gasteiger partial charge in [-0.2, -0.15) is 0 Å². The highest BCUT2D eigenvalue weighted by Gasteiger charge is 2.05. The van der Waals surface area contributed by atoms with Crippen LogP contribution in [0, 0.1) is 0 Å². The van der Waals surface area contributed by atoms with Gasteiger partial charge in [-0.3, -0.25) is 0 Å². The molecule has 3 nitrogen and oxygen atoms in total. The summed E-state index contributed by atoms with van der Waals surface area (Å²) in [7, 11) is 0. The number of hydrogen-bond donors (Lipinski definition) is 2. The molecule has 68 valence electrons. The molecule has 0 spiro atoms. The van der Waals surface area contributed by atoms with E-state index in [9.17, 15) is 0 Å². The van der Waals surface area contributed by atoms with E-state index in [-0.39, 0.29) is 6.04 Å². The van der Waals surface area contributed by atoms with Crippen LogP contribution in [0.2, 0.25) is 0 Å². The second-order valence-corrected chi connectivity index (χ2v) is 2.83. The Morgan fingerprint density at radius 2 is 2.50 bits per heavy atom. The monoisotopic (exact) mass is 168 g/mol. The quantitative estimate of drug-likeness (QED) is 0.651. The normalized spacial score (nSPS) is 13.2. The van der Waals surface area contributed by atoms with E-state index >= 15 is 0 Å². The molecule has 0 radical (unpaired) electrons. The van der Waals surface area contributed by atoms with Crippen LogP contribution < -0.4 is 11.1 Å². The average molecular weight is 168 g/mol. The highest BCUT2D eigenvalue weighted by atomic mass is 16.3. The highest BCUT2D eigenvalue weighted by Crippen LogP contribution is 2.11. The van der Waals surface area contributed by atoms with Crippen molar-refractivity contribution in [3.05, 3.63) is 24.2 Å². The van der Waals surface area contributed by atoms with Crippen LogP contribution in [0.3, 0.4) is 0 Å². The van der Waals surface area contributed by atoms with Crippen molar-refractivity contribution >= 4 is 0 Å². The van der Waals surface area contributed by atoms with Crippen molar-refractivity contribution in [2.45, 2.75) is 19.4 Å². The molecule has 0 aliphatic heterocycles. The first-order valence-electron chi connectivity index (χ1n) is 4.31. The largest absolute Gasteiger partial charge is 0.468 e. The Bertz CT molecular complexity index is 196. The fourth-order valence-electron chi connectivity index (χ4n) is 1.06. The van der Waals surface area contributed by atoms with E-state index in [1.54, 1.807) is 6.26 Å². The van der Waals surface area contributed by atoms with E-state index in [1.165, 1.54) is 0 Å². The van der Waals surface area contributed by atoms with Crippen LogP contribution in [0.1, 0.15) is 25.1 Å². The molecule has 0 aromatic carbocycles. The van der Waals surface area contributed by atoms with Gasteiger partial charge in [-0.05, 0) is 38.6 Å². The summed E-state index contributed by atoms with van der Waals surface area (Å²) in [5.74, 6) is 0.979. The minimum atomic E-state index is 0.284. The Morgan fingerprint density at radius 1 is 1.67 bits per heavy atom. The second-order valence-electron chi connectivity index (χ2n) is 2.83. The second kappa shape index (κ2) is 4.95. The van der Waals surface area contributed by atoms with Gasteiger partial charge in [-0.15, -0.1) is 0 Å². The molecule has 0 aliphatic carbocycles. The fraction of sp³-hybridized carbons (Fsp3) is 0.556. The third-order valence-electron chi connectivity index (χ3n) is 1.80. The maximum absolute atomic E-state index is 5.37. The zero-order valence-electron chi connectivity index (χ0n) is 7.42. The summed E-state index contributed by atoms with van der Waals surface area (Å²) in [5, 5.41) is 3.31. The van der Waals surface area contributed by atoms with Gasteiger partial charge in [0.2, 0.25) is 0 Å². The lowest BCUT2D eigenvalue weighted by Gasteiger charge is -2.09. The molecule has 0 fully saturated rings. The van der Waals surface area contributed by atoms with Crippen LogP contribution in [0.5, 0.6) is 0 Å². The molecule has 1 aromatic rings. The summed E-state index contributed by atoms with van der Waals surface area (Å²) in [5.41, 5.74) is 5.37. The summed E-state index contributed by atoms with van der Waals surface area (Å²) in [6.45, 7) is 3.76. The molecule has 3 heteroatoms. The summed E-state index contributed by atoms with van der Waals surface area (Å²) < 4.78 is 5.23. The van der Waals surface area contributed by atoms with Gasteiger partial charge in [0, 0.05) is 0 Å². The molecule has 0 amide bonds. The average Bonchev–Trinajstić information content (AvgIpc) is 2.56. The first-order valence-corrected chi connectivity index (χ1v) is 4.31. The first kappa shape index (κ1) is 9.29. The highest BCUT2D eigenvalue weighted by molar-refractivity contribution is 5.02. The smallest absolute Gasteiger partial charge is 0.120 e. The fourth-order valence-corrected chi connectivity index (χ4v) is 1.06. The number of hydrogen-bond acceptors (Lipinski definition) is 3. The van der Waals surface area contributed by atoms with Crippen LogP contribution >= 0.6 is 0 Å². The summed E-state index contributed by atoms with van der Waals surface area (Å²) in [6, 6.07) is 4.16. The third-order valence-corrected chi connectivity index (χ3v) is 1.80. The van der Waals surface area contributed by atoms with E-state index in [0.717, 1.165) is 25.3 Å². The Balaban J connectivity index is 2.25. The predicted molar refractivity (Wildman–Crippen MR) is 48.8 cm³/mol. The zero-order valence-corrected chi connectivity index (χ0v) is 7.42. The zero-order chi connectivity index (χ0) is 8.81.